The maximum atomic E-state index is 12.4. The summed E-state index contributed by atoms with van der Waals surface area (Å²) >= 11 is 4.84. The molecule has 1 fully saturated rings. The van der Waals surface area contributed by atoms with Crippen LogP contribution in [-0.4, -0.2) is 34.6 Å². The van der Waals surface area contributed by atoms with Crippen LogP contribution in [0.5, 0.6) is 0 Å². The first-order valence-corrected chi connectivity index (χ1v) is 7.50. The summed E-state index contributed by atoms with van der Waals surface area (Å²) in [5.41, 5.74) is 0. The average molecular weight is 318 g/mol. The number of hydrogen-bond acceptors (Lipinski definition) is 3. The largest absolute Gasteiger partial charge is 0.391 e. The van der Waals surface area contributed by atoms with E-state index in [0.717, 1.165) is 35.2 Å². The fourth-order valence-electron chi connectivity index (χ4n) is 2.29. The first-order chi connectivity index (χ1) is 8.11. The SMILES string of the molecule is C[C@H](O)[C@@H]1CCCCN1C(=O)c1sccc1Br. The van der Waals surface area contributed by atoms with E-state index in [0.29, 0.717) is 0 Å². The Hall–Kier alpha value is -0.390. The van der Waals surface area contributed by atoms with Crippen molar-refractivity contribution >= 4 is 33.2 Å². The number of aliphatic hydroxyl groups excluding tert-OH is 1. The highest BCUT2D eigenvalue weighted by atomic mass is 79.9. The number of carbonyl (C=O) groups excluding carboxylic acids is 1. The van der Waals surface area contributed by atoms with Gasteiger partial charge >= 0.3 is 0 Å². The maximum absolute atomic E-state index is 12.4. The zero-order valence-electron chi connectivity index (χ0n) is 9.73. The number of hydrogen-bond donors (Lipinski definition) is 1. The Kier molecular flexibility index (Phi) is 4.22. The van der Waals surface area contributed by atoms with Crippen LogP contribution in [0.2, 0.25) is 0 Å². The lowest BCUT2D eigenvalue weighted by atomic mass is 9.98. The third-order valence-corrected chi connectivity index (χ3v) is 5.00. The van der Waals surface area contributed by atoms with Gasteiger partial charge in [0.25, 0.3) is 5.91 Å². The van der Waals surface area contributed by atoms with E-state index >= 15 is 0 Å². The molecule has 1 aromatic rings. The van der Waals surface area contributed by atoms with Crippen molar-refractivity contribution in [1.29, 1.82) is 0 Å². The molecule has 0 saturated carbocycles. The molecule has 1 N–H and O–H groups in total. The van der Waals surface area contributed by atoms with Crippen LogP contribution in [0.3, 0.4) is 0 Å². The van der Waals surface area contributed by atoms with E-state index in [9.17, 15) is 9.90 Å². The predicted molar refractivity (Wildman–Crippen MR) is 72.4 cm³/mol. The summed E-state index contributed by atoms with van der Waals surface area (Å²) in [5, 5.41) is 11.7. The maximum Gasteiger partial charge on any atom is 0.265 e. The van der Waals surface area contributed by atoms with Gasteiger partial charge in [0.2, 0.25) is 0 Å². The molecule has 0 unspecified atom stereocenters. The quantitative estimate of drug-likeness (QED) is 0.911. The lowest BCUT2D eigenvalue weighted by Gasteiger charge is -2.37. The molecular weight excluding hydrogens is 302 g/mol. The summed E-state index contributed by atoms with van der Waals surface area (Å²) in [7, 11) is 0. The average Bonchev–Trinajstić information content (AvgIpc) is 2.74. The van der Waals surface area contributed by atoms with Crippen LogP contribution in [0.15, 0.2) is 15.9 Å². The van der Waals surface area contributed by atoms with Gasteiger partial charge in [-0.05, 0) is 53.6 Å². The normalized spacial score (nSPS) is 22.5. The minimum atomic E-state index is -0.460. The summed E-state index contributed by atoms with van der Waals surface area (Å²) in [5.74, 6) is 0.0393. The number of nitrogens with zero attached hydrogens (tertiary/aromatic N) is 1. The smallest absolute Gasteiger partial charge is 0.265 e. The van der Waals surface area contributed by atoms with Gasteiger partial charge in [-0.3, -0.25) is 4.79 Å². The highest BCUT2D eigenvalue weighted by Gasteiger charge is 2.31. The minimum absolute atomic E-state index is 0.0368. The summed E-state index contributed by atoms with van der Waals surface area (Å²) < 4.78 is 0.849. The van der Waals surface area contributed by atoms with E-state index < -0.39 is 6.10 Å². The molecule has 3 nitrogen and oxygen atoms in total. The minimum Gasteiger partial charge on any atom is -0.391 e. The second-order valence-corrected chi connectivity index (χ2v) is 6.17. The first-order valence-electron chi connectivity index (χ1n) is 5.83. The molecule has 0 aromatic carbocycles. The van der Waals surface area contributed by atoms with Crippen LogP contribution in [0, 0.1) is 0 Å². The van der Waals surface area contributed by atoms with E-state index in [4.69, 9.17) is 0 Å². The van der Waals surface area contributed by atoms with Crippen molar-refractivity contribution in [2.45, 2.75) is 38.3 Å². The fraction of sp³-hybridized carbons (Fsp3) is 0.583. The van der Waals surface area contributed by atoms with Gasteiger partial charge in [-0.25, -0.2) is 0 Å². The van der Waals surface area contributed by atoms with Gasteiger partial charge < -0.3 is 10.0 Å². The number of aliphatic hydroxyl groups is 1. The zero-order chi connectivity index (χ0) is 12.4. The number of piperidine rings is 1. The number of thiophene rings is 1. The Bertz CT molecular complexity index is 405. The van der Waals surface area contributed by atoms with Crippen LogP contribution in [-0.2, 0) is 0 Å². The molecule has 94 valence electrons. The molecule has 2 heterocycles. The van der Waals surface area contributed by atoms with Crippen molar-refractivity contribution in [1.82, 2.24) is 4.90 Å². The lowest BCUT2D eigenvalue weighted by molar-refractivity contribution is 0.0284. The van der Waals surface area contributed by atoms with Crippen LogP contribution in [0.25, 0.3) is 0 Å². The van der Waals surface area contributed by atoms with Gasteiger partial charge in [-0.2, -0.15) is 0 Å². The number of likely N-dealkylation sites (tertiary alicyclic amines) is 1. The Labute approximate surface area is 114 Å². The Morgan fingerprint density at radius 2 is 2.41 bits per heavy atom. The summed E-state index contributed by atoms with van der Waals surface area (Å²) in [6, 6.07) is 1.85. The Morgan fingerprint density at radius 3 is 3.00 bits per heavy atom. The number of halogens is 1. The standard InChI is InChI=1S/C12H16BrNO2S/c1-8(15)10-4-2-3-6-14(10)12(16)11-9(13)5-7-17-11/h5,7-8,10,15H,2-4,6H2,1H3/t8-,10-/m0/s1. The van der Waals surface area contributed by atoms with Crippen LogP contribution in [0.1, 0.15) is 35.9 Å². The molecule has 0 bridgehead atoms. The van der Waals surface area contributed by atoms with Gasteiger partial charge in [-0.15, -0.1) is 11.3 Å². The third kappa shape index (κ3) is 2.72. The molecule has 2 rings (SSSR count). The summed E-state index contributed by atoms with van der Waals surface area (Å²) in [6.07, 6.45) is 2.55. The molecule has 1 saturated heterocycles. The van der Waals surface area contributed by atoms with Gasteiger partial charge in [0.1, 0.15) is 4.88 Å². The Balaban J connectivity index is 2.20. The van der Waals surface area contributed by atoms with Crippen molar-refractivity contribution in [2.24, 2.45) is 0 Å². The molecule has 2 atom stereocenters. The highest BCUT2D eigenvalue weighted by Crippen LogP contribution is 2.28. The van der Waals surface area contributed by atoms with E-state index in [-0.39, 0.29) is 11.9 Å². The van der Waals surface area contributed by atoms with Crippen molar-refractivity contribution < 1.29 is 9.90 Å². The monoisotopic (exact) mass is 317 g/mol. The lowest BCUT2D eigenvalue weighted by Crippen LogP contribution is -2.48. The van der Waals surface area contributed by atoms with E-state index in [1.165, 1.54) is 11.3 Å². The molecule has 1 aromatic heterocycles. The molecule has 1 amide bonds. The zero-order valence-corrected chi connectivity index (χ0v) is 12.1. The molecule has 1 aliphatic rings. The van der Waals surface area contributed by atoms with Crippen LogP contribution < -0.4 is 0 Å². The third-order valence-electron chi connectivity index (χ3n) is 3.18. The molecule has 5 heteroatoms. The highest BCUT2D eigenvalue weighted by molar-refractivity contribution is 9.10. The molecule has 0 radical (unpaired) electrons. The predicted octanol–water partition coefficient (Wildman–Crippen LogP) is 2.89. The van der Waals surface area contributed by atoms with Gasteiger partial charge in [0, 0.05) is 11.0 Å². The van der Waals surface area contributed by atoms with E-state index in [2.05, 4.69) is 15.9 Å². The number of carbonyl (C=O) groups is 1. The summed E-state index contributed by atoms with van der Waals surface area (Å²) in [6.45, 7) is 2.51. The van der Waals surface area contributed by atoms with Gasteiger partial charge in [-0.1, -0.05) is 0 Å². The number of amides is 1. The van der Waals surface area contributed by atoms with Crippen LogP contribution >= 0.6 is 27.3 Å². The van der Waals surface area contributed by atoms with E-state index in [1.54, 1.807) is 6.92 Å². The van der Waals surface area contributed by atoms with Crippen molar-refractivity contribution in [3.63, 3.8) is 0 Å². The second-order valence-electron chi connectivity index (χ2n) is 4.40. The fourth-order valence-corrected chi connectivity index (χ4v) is 3.78. The van der Waals surface area contributed by atoms with Crippen LogP contribution in [0.4, 0.5) is 0 Å². The molecule has 1 aliphatic heterocycles. The number of rotatable bonds is 2. The van der Waals surface area contributed by atoms with Crippen molar-refractivity contribution in [3.8, 4) is 0 Å². The van der Waals surface area contributed by atoms with E-state index in [1.807, 2.05) is 16.3 Å². The van der Waals surface area contributed by atoms with Gasteiger partial charge in [0.15, 0.2) is 0 Å². The Morgan fingerprint density at radius 1 is 1.65 bits per heavy atom. The molecule has 0 aliphatic carbocycles. The molecular formula is C12H16BrNO2S. The molecule has 0 spiro atoms. The first kappa shape index (κ1) is 13.1. The van der Waals surface area contributed by atoms with Crippen molar-refractivity contribution in [3.05, 3.63) is 20.8 Å². The molecule has 17 heavy (non-hydrogen) atoms. The second kappa shape index (κ2) is 5.50. The summed E-state index contributed by atoms with van der Waals surface area (Å²) in [4.78, 5) is 14.9. The topological polar surface area (TPSA) is 40.5 Å². The van der Waals surface area contributed by atoms with Gasteiger partial charge in [0.05, 0.1) is 12.1 Å². The van der Waals surface area contributed by atoms with Crippen molar-refractivity contribution in [2.75, 3.05) is 6.54 Å².